The standard InChI is InChI=1S/C20H18F3N3O3S2/c1-28-15-8-5-13(9-16(15)29-2)10-17(27)24-18-25-26-19(31-18)30-11-12-3-6-14(7-4-12)20(21,22)23/h3-9H,10-11H2,1-2H3,(H,24,25,27). The number of hydrogen-bond donors (Lipinski definition) is 1. The average molecular weight is 470 g/mol. The first-order valence-corrected chi connectivity index (χ1v) is 10.7. The van der Waals surface area contributed by atoms with Gasteiger partial charge in [0.15, 0.2) is 15.8 Å². The first-order valence-electron chi connectivity index (χ1n) is 8.91. The fourth-order valence-electron chi connectivity index (χ4n) is 2.59. The number of hydrogen-bond acceptors (Lipinski definition) is 7. The summed E-state index contributed by atoms with van der Waals surface area (Å²) in [6.45, 7) is 0. The van der Waals surface area contributed by atoms with E-state index in [9.17, 15) is 18.0 Å². The summed E-state index contributed by atoms with van der Waals surface area (Å²) in [4.78, 5) is 12.3. The highest BCUT2D eigenvalue weighted by atomic mass is 32.2. The molecule has 0 saturated carbocycles. The van der Waals surface area contributed by atoms with Crippen LogP contribution in [-0.2, 0) is 23.1 Å². The minimum Gasteiger partial charge on any atom is -0.493 e. The quantitative estimate of drug-likeness (QED) is 0.368. The normalized spacial score (nSPS) is 11.3. The summed E-state index contributed by atoms with van der Waals surface area (Å²) in [5.74, 6) is 1.28. The van der Waals surface area contributed by atoms with Crippen molar-refractivity contribution < 1.29 is 27.4 Å². The van der Waals surface area contributed by atoms with Crippen LogP contribution in [-0.4, -0.2) is 30.3 Å². The number of alkyl halides is 3. The topological polar surface area (TPSA) is 73.3 Å². The van der Waals surface area contributed by atoms with Crippen molar-refractivity contribution in [3.8, 4) is 11.5 Å². The van der Waals surface area contributed by atoms with Gasteiger partial charge in [0.1, 0.15) is 0 Å². The zero-order chi connectivity index (χ0) is 22.4. The second-order valence-electron chi connectivity index (χ2n) is 6.27. The number of nitrogens with one attached hydrogen (secondary N) is 1. The largest absolute Gasteiger partial charge is 0.493 e. The lowest BCUT2D eigenvalue weighted by molar-refractivity contribution is -0.137. The Morgan fingerprint density at radius 2 is 1.71 bits per heavy atom. The minimum absolute atomic E-state index is 0.119. The van der Waals surface area contributed by atoms with Gasteiger partial charge in [0.25, 0.3) is 0 Å². The van der Waals surface area contributed by atoms with Crippen LogP contribution in [0.2, 0.25) is 0 Å². The Hall–Kier alpha value is -2.79. The van der Waals surface area contributed by atoms with Gasteiger partial charge in [0.2, 0.25) is 11.0 Å². The molecule has 0 aliphatic rings. The first kappa shape index (κ1) is 22.9. The fourth-order valence-corrected chi connectivity index (χ4v) is 4.32. The van der Waals surface area contributed by atoms with Crippen LogP contribution in [0.4, 0.5) is 18.3 Å². The predicted molar refractivity (Wildman–Crippen MR) is 113 cm³/mol. The summed E-state index contributed by atoms with van der Waals surface area (Å²) >= 11 is 2.53. The zero-order valence-electron chi connectivity index (χ0n) is 16.5. The molecule has 1 N–H and O–H groups in total. The van der Waals surface area contributed by atoms with Crippen molar-refractivity contribution in [3.05, 3.63) is 59.2 Å². The molecular weight excluding hydrogens is 451 g/mol. The molecule has 0 radical (unpaired) electrons. The molecule has 0 unspecified atom stereocenters. The van der Waals surface area contributed by atoms with Gasteiger partial charge in [-0.05, 0) is 35.4 Å². The van der Waals surface area contributed by atoms with Crippen LogP contribution in [0.25, 0.3) is 0 Å². The molecule has 0 bridgehead atoms. The SMILES string of the molecule is COc1ccc(CC(=O)Nc2nnc(SCc3ccc(C(F)(F)F)cc3)s2)cc1OC. The molecule has 0 atom stereocenters. The van der Waals surface area contributed by atoms with Crippen molar-refractivity contribution in [2.45, 2.75) is 22.7 Å². The average Bonchev–Trinajstić information content (AvgIpc) is 3.18. The van der Waals surface area contributed by atoms with E-state index in [2.05, 4.69) is 15.5 Å². The lowest BCUT2D eigenvalue weighted by Gasteiger charge is -2.09. The number of halogens is 3. The second kappa shape index (κ2) is 10.0. The van der Waals surface area contributed by atoms with Crippen LogP contribution >= 0.6 is 23.1 Å². The Kier molecular flexibility index (Phi) is 7.39. The zero-order valence-corrected chi connectivity index (χ0v) is 18.2. The van der Waals surface area contributed by atoms with Crippen molar-refractivity contribution in [1.82, 2.24) is 10.2 Å². The minimum atomic E-state index is -4.35. The van der Waals surface area contributed by atoms with Crippen LogP contribution in [0, 0.1) is 0 Å². The lowest BCUT2D eigenvalue weighted by atomic mass is 10.1. The third kappa shape index (κ3) is 6.34. The molecule has 0 aliphatic heterocycles. The van der Waals surface area contributed by atoms with E-state index in [1.807, 2.05) is 0 Å². The van der Waals surface area contributed by atoms with Gasteiger partial charge in [-0.3, -0.25) is 4.79 Å². The van der Waals surface area contributed by atoms with Gasteiger partial charge in [-0.15, -0.1) is 10.2 Å². The van der Waals surface area contributed by atoms with Crippen LogP contribution < -0.4 is 14.8 Å². The number of carbonyl (C=O) groups excluding carboxylic acids is 1. The number of ether oxygens (including phenoxy) is 2. The molecule has 164 valence electrons. The molecule has 3 rings (SSSR count). The van der Waals surface area contributed by atoms with Crippen molar-refractivity contribution in [2.24, 2.45) is 0 Å². The molecule has 0 spiro atoms. The highest BCUT2D eigenvalue weighted by molar-refractivity contribution is 8.00. The van der Waals surface area contributed by atoms with E-state index in [-0.39, 0.29) is 12.3 Å². The monoisotopic (exact) mass is 469 g/mol. The second-order valence-corrected chi connectivity index (χ2v) is 8.47. The Bertz CT molecular complexity index is 1040. The molecule has 1 aromatic heterocycles. The fraction of sp³-hybridized carbons (Fsp3) is 0.250. The van der Waals surface area contributed by atoms with E-state index in [1.165, 1.54) is 49.5 Å². The van der Waals surface area contributed by atoms with Crippen molar-refractivity contribution in [3.63, 3.8) is 0 Å². The maximum atomic E-state index is 12.6. The Labute approximate surface area is 184 Å². The van der Waals surface area contributed by atoms with Gasteiger partial charge in [0, 0.05) is 5.75 Å². The molecule has 1 amide bonds. The number of nitrogens with zero attached hydrogens (tertiary/aromatic N) is 2. The maximum absolute atomic E-state index is 12.6. The first-order chi connectivity index (χ1) is 14.8. The summed E-state index contributed by atoms with van der Waals surface area (Å²) in [5.41, 5.74) is 0.792. The highest BCUT2D eigenvalue weighted by Gasteiger charge is 2.29. The molecule has 2 aromatic carbocycles. The molecular formula is C20H18F3N3O3S2. The van der Waals surface area contributed by atoms with Crippen molar-refractivity contribution >= 4 is 34.1 Å². The molecule has 0 saturated heterocycles. The van der Waals surface area contributed by atoms with Gasteiger partial charge < -0.3 is 14.8 Å². The van der Waals surface area contributed by atoms with E-state index >= 15 is 0 Å². The van der Waals surface area contributed by atoms with Crippen LogP contribution in [0.3, 0.4) is 0 Å². The van der Waals surface area contributed by atoms with Crippen LogP contribution in [0.5, 0.6) is 11.5 Å². The Morgan fingerprint density at radius 1 is 1.03 bits per heavy atom. The maximum Gasteiger partial charge on any atom is 0.416 e. The number of thioether (sulfide) groups is 1. The number of rotatable bonds is 8. The third-order valence-electron chi connectivity index (χ3n) is 4.11. The molecule has 3 aromatic rings. The Morgan fingerprint density at radius 3 is 2.35 bits per heavy atom. The molecule has 11 heteroatoms. The lowest BCUT2D eigenvalue weighted by Crippen LogP contribution is -2.14. The number of carbonyl (C=O) groups is 1. The number of benzene rings is 2. The van der Waals surface area contributed by atoms with E-state index in [0.29, 0.717) is 26.7 Å². The molecule has 0 aliphatic carbocycles. The Balaban J connectivity index is 1.53. The smallest absolute Gasteiger partial charge is 0.416 e. The highest BCUT2D eigenvalue weighted by Crippen LogP contribution is 2.32. The van der Waals surface area contributed by atoms with Gasteiger partial charge in [-0.2, -0.15) is 13.2 Å². The molecule has 31 heavy (non-hydrogen) atoms. The predicted octanol–water partition coefficient (Wildman–Crippen LogP) is 5.05. The number of amides is 1. The van der Waals surface area contributed by atoms with Crippen molar-refractivity contribution in [1.29, 1.82) is 0 Å². The summed E-state index contributed by atoms with van der Waals surface area (Å²) in [6, 6.07) is 10.2. The number of anilines is 1. The van der Waals surface area contributed by atoms with Gasteiger partial charge in [-0.25, -0.2) is 0 Å². The summed E-state index contributed by atoms with van der Waals surface area (Å²) in [7, 11) is 3.06. The molecule has 6 nitrogen and oxygen atoms in total. The van der Waals surface area contributed by atoms with E-state index in [4.69, 9.17) is 9.47 Å². The van der Waals surface area contributed by atoms with Gasteiger partial charge in [0.05, 0.1) is 26.2 Å². The summed E-state index contributed by atoms with van der Waals surface area (Å²) < 4.78 is 48.9. The van der Waals surface area contributed by atoms with Crippen LogP contribution in [0.1, 0.15) is 16.7 Å². The van der Waals surface area contributed by atoms with Crippen LogP contribution in [0.15, 0.2) is 46.8 Å². The third-order valence-corrected chi connectivity index (χ3v) is 6.15. The summed E-state index contributed by atoms with van der Waals surface area (Å²) in [5, 5.41) is 11.0. The van der Waals surface area contributed by atoms with E-state index in [1.54, 1.807) is 18.2 Å². The number of aromatic nitrogens is 2. The van der Waals surface area contributed by atoms with E-state index in [0.717, 1.165) is 23.3 Å². The van der Waals surface area contributed by atoms with E-state index < -0.39 is 11.7 Å². The molecule has 0 fully saturated rings. The van der Waals surface area contributed by atoms with Crippen molar-refractivity contribution in [2.75, 3.05) is 19.5 Å². The summed E-state index contributed by atoms with van der Waals surface area (Å²) in [6.07, 6.45) is -4.23. The van der Waals surface area contributed by atoms with Gasteiger partial charge >= 0.3 is 6.18 Å². The molecule has 1 heterocycles. The van der Waals surface area contributed by atoms with Gasteiger partial charge in [-0.1, -0.05) is 41.3 Å². The number of methoxy groups -OCH3 is 2.